The molecule has 0 saturated carbocycles. The number of aryl methyl sites for hydroxylation is 1. The van der Waals surface area contributed by atoms with Crippen LogP contribution in [-0.4, -0.2) is 44.6 Å². The van der Waals surface area contributed by atoms with Gasteiger partial charge in [-0.05, 0) is 55.8 Å². The van der Waals surface area contributed by atoms with E-state index in [2.05, 4.69) is 19.8 Å². The molecule has 4 aromatic rings. The summed E-state index contributed by atoms with van der Waals surface area (Å²) < 4.78 is 55.0. The van der Waals surface area contributed by atoms with Crippen molar-refractivity contribution < 1.29 is 17.6 Å². The smallest absolute Gasteiger partial charge is 0.364 e. The molecule has 1 saturated heterocycles. The predicted molar refractivity (Wildman–Crippen MR) is 142 cm³/mol. The lowest BCUT2D eigenvalue weighted by Crippen LogP contribution is -2.57. The summed E-state index contributed by atoms with van der Waals surface area (Å²) in [7, 11) is 1.65. The molecule has 0 spiro atoms. The highest BCUT2D eigenvalue weighted by molar-refractivity contribution is 5.89. The molecule has 5 rings (SSSR count). The van der Waals surface area contributed by atoms with Crippen LogP contribution in [0.4, 0.5) is 23.2 Å². The first-order chi connectivity index (χ1) is 19.0. The number of hydrogen-bond donors (Lipinski definition) is 0. The molecule has 1 aliphatic heterocycles. The molecule has 1 unspecified atom stereocenters. The van der Waals surface area contributed by atoms with Crippen LogP contribution in [0.15, 0.2) is 65.6 Å². The number of nitrogens with zero attached hydrogens (tertiary/aromatic N) is 6. The molecule has 1 aliphatic rings. The molecular weight excluding hydrogens is 524 g/mol. The zero-order valence-corrected chi connectivity index (χ0v) is 22.0. The Hall–Kier alpha value is -4.30. The Balaban J connectivity index is 1.54. The Morgan fingerprint density at radius 1 is 1.02 bits per heavy atom. The van der Waals surface area contributed by atoms with Crippen LogP contribution in [0.1, 0.15) is 42.4 Å². The van der Waals surface area contributed by atoms with Crippen LogP contribution in [0.25, 0.3) is 11.0 Å². The fraction of sp³-hybridized carbons (Fsp3) is 0.310. The van der Waals surface area contributed by atoms with E-state index in [1.54, 1.807) is 31.3 Å². The first kappa shape index (κ1) is 27.3. The second kappa shape index (κ2) is 10.4. The van der Waals surface area contributed by atoms with Crippen molar-refractivity contribution in [2.45, 2.75) is 38.1 Å². The molecule has 1 aromatic carbocycles. The number of hydrogen-bond acceptors (Lipinski definition) is 6. The standard InChI is InChI=1S/C29H26F4N6O/c1-17-16-39(28(19-4-7-21(30)8-5-19)23-10-6-20(14-35-23)29(31,32)33)18(2)15-38(17)25-12-26(40)37(3)24-11-9-22(13-34)36-27(24)25/h4-12,14,17-18,28H,15-16H2,1-3H3/t17-,18+,28?/m0/s1. The molecule has 3 aromatic heterocycles. The Kier molecular flexibility index (Phi) is 7.06. The highest BCUT2D eigenvalue weighted by Crippen LogP contribution is 2.36. The van der Waals surface area contributed by atoms with E-state index in [9.17, 15) is 27.6 Å². The van der Waals surface area contributed by atoms with Gasteiger partial charge < -0.3 is 9.47 Å². The topological polar surface area (TPSA) is 78.0 Å². The maximum atomic E-state index is 13.8. The maximum absolute atomic E-state index is 13.8. The second-order valence-corrected chi connectivity index (χ2v) is 10.1. The van der Waals surface area contributed by atoms with Crippen molar-refractivity contribution >= 4 is 16.7 Å². The summed E-state index contributed by atoms with van der Waals surface area (Å²) in [6, 6.07) is 14.2. The van der Waals surface area contributed by atoms with Crippen LogP contribution in [0, 0.1) is 17.1 Å². The van der Waals surface area contributed by atoms with Crippen molar-refractivity contribution in [1.82, 2.24) is 19.4 Å². The lowest BCUT2D eigenvalue weighted by atomic mass is 9.96. The molecule has 40 heavy (non-hydrogen) atoms. The SMILES string of the molecule is C[C@@H]1CN(c2cc(=O)n(C)c3ccc(C#N)nc23)[C@@H](C)CN1C(c1ccc(F)cc1)c1ccc(C(F)(F)F)cn1. The predicted octanol–water partition coefficient (Wildman–Crippen LogP) is 5.05. The summed E-state index contributed by atoms with van der Waals surface area (Å²) in [6.07, 6.45) is -3.69. The molecule has 7 nitrogen and oxygen atoms in total. The van der Waals surface area contributed by atoms with Crippen LogP contribution in [-0.2, 0) is 13.2 Å². The highest BCUT2D eigenvalue weighted by Gasteiger charge is 2.37. The molecule has 3 atom stereocenters. The fourth-order valence-corrected chi connectivity index (χ4v) is 5.35. The Morgan fingerprint density at radius 2 is 1.75 bits per heavy atom. The molecule has 1 fully saturated rings. The lowest BCUT2D eigenvalue weighted by Gasteiger charge is -2.48. The summed E-state index contributed by atoms with van der Waals surface area (Å²) >= 11 is 0. The number of pyridine rings is 3. The van der Waals surface area contributed by atoms with E-state index in [0.29, 0.717) is 41.1 Å². The number of alkyl halides is 3. The summed E-state index contributed by atoms with van der Waals surface area (Å²) in [6.45, 7) is 4.88. The number of anilines is 1. The largest absolute Gasteiger partial charge is 0.417 e. The van der Waals surface area contributed by atoms with Gasteiger partial charge in [-0.1, -0.05) is 12.1 Å². The number of aromatic nitrogens is 3. The van der Waals surface area contributed by atoms with Crippen molar-refractivity contribution in [3.63, 3.8) is 0 Å². The zero-order chi connectivity index (χ0) is 28.8. The van der Waals surface area contributed by atoms with Gasteiger partial charge in [0.05, 0.1) is 28.5 Å². The van der Waals surface area contributed by atoms with E-state index in [4.69, 9.17) is 0 Å². The minimum atomic E-state index is -4.51. The van der Waals surface area contributed by atoms with Crippen LogP contribution in [0.5, 0.6) is 0 Å². The normalized spacial score (nSPS) is 19.0. The van der Waals surface area contributed by atoms with Crippen LogP contribution in [0.2, 0.25) is 0 Å². The quantitative estimate of drug-likeness (QED) is 0.331. The summed E-state index contributed by atoms with van der Waals surface area (Å²) in [5.41, 5.74) is 2.02. The van der Waals surface area contributed by atoms with Gasteiger partial charge >= 0.3 is 6.18 Å². The molecule has 0 bridgehead atoms. The van der Waals surface area contributed by atoms with E-state index in [1.807, 2.05) is 19.9 Å². The zero-order valence-electron chi connectivity index (χ0n) is 22.0. The third-order valence-electron chi connectivity index (χ3n) is 7.44. The van der Waals surface area contributed by atoms with Crippen LogP contribution < -0.4 is 10.5 Å². The number of rotatable bonds is 4. The lowest BCUT2D eigenvalue weighted by molar-refractivity contribution is -0.137. The van der Waals surface area contributed by atoms with Crippen molar-refractivity contribution in [1.29, 1.82) is 5.26 Å². The molecule has 11 heteroatoms. The van der Waals surface area contributed by atoms with Gasteiger partial charge in [0, 0.05) is 44.5 Å². The average molecular weight is 551 g/mol. The van der Waals surface area contributed by atoms with Gasteiger partial charge in [0.15, 0.2) is 0 Å². The molecular formula is C29H26F4N6O. The van der Waals surface area contributed by atoms with Crippen molar-refractivity contribution in [3.8, 4) is 6.07 Å². The molecule has 206 valence electrons. The molecule has 0 radical (unpaired) electrons. The third kappa shape index (κ3) is 5.02. The molecule has 0 amide bonds. The average Bonchev–Trinajstić information content (AvgIpc) is 2.93. The third-order valence-corrected chi connectivity index (χ3v) is 7.44. The molecule has 0 N–H and O–H groups in total. The molecule has 4 heterocycles. The van der Waals surface area contributed by atoms with E-state index in [1.165, 1.54) is 28.8 Å². The first-order valence-electron chi connectivity index (χ1n) is 12.7. The van der Waals surface area contributed by atoms with E-state index in [0.717, 1.165) is 12.3 Å². The number of fused-ring (bicyclic) bond motifs is 1. The van der Waals surface area contributed by atoms with E-state index < -0.39 is 23.6 Å². The second-order valence-electron chi connectivity index (χ2n) is 10.1. The van der Waals surface area contributed by atoms with Crippen molar-refractivity contribution in [2.24, 2.45) is 7.05 Å². The highest BCUT2D eigenvalue weighted by atomic mass is 19.4. The van der Waals surface area contributed by atoms with Gasteiger partial charge in [0.1, 0.15) is 23.1 Å². The first-order valence-corrected chi connectivity index (χ1v) is 12.7. The van der Waals surface area contributed by atoms with Crippen LogP contribution >= 0.6 is 0 Å². The minimum Gasteiger partial charge on any atom is -0.364 e. The minimum absolute atomic E-state index is 0.156. The van der Waals surface area contributed by atoms with Gasteiger partial charge in [-0.2, -0.15) is 18.4 Å². The Bertz CT molecular complexity index is 1640. The Morgan fingerprint density at radius 3 is 2.38 bits per heavy atom. The van der Waals surface area contributed by atoms with Gasteiger partial charge in [0.25, 0.3) is 5.56 Å². The van der Waals surface area contributed by atoms with Gasteiger partial charge in [0.2, 0.25) is 0 Å². The van der Waals surface area contributed by atoms with Gasteiger partial charge in [-0.25, -0.2) is 9.37 Å². The summed E-state index contributed by atoms with van der Waals surface area (Å²) in [5, 5.41) is 9.41. The van der Waals surface area contributed by atoms with E-state index in [-0.39, 0.29) is 23.3 Å². The molecule has 0 aliphatic carbocycles. The fourth-order valence-electron chi connectivity index (χ4n) is 5.35. The number of nitriles is 1. The van der Waals surface area contributed by atoms with Gasteiger partial charge in [-0.3, -0.25) is 14.7 Å². The summed E-state index contributed by atoms with van der Waals surface area (Å²) in [5.74, 6) is -0.420. The number of benzene rings is 1. The number of halogens is 4. The van der Waals surface area contributed by atoms with Gasteiger partial charge in [-0.15, -0.1) is 0 Å². The van der Waals surface area contributed by atoms with Crippen LogP contribution in [0.3, 0.4) is 0 Å². The monoisotopic (exact) mass is 550 g/mol. The Labute approximate surface area is 227 Å². The van der Waals surface area contributed by atoms with E-state index >= 15 is 0 Å². The number of piperazine rings is 1. The maximum Gasteiger partial charge on any atom is 0.417 e. The van der Waals surface area contributed by atoms with Crippen molar-refractivity contribution in [2.75, 3.05) is 18.0 Å². The summed E-state index contributed by atoms with van der Waals surface area (Å²) in [4.78, 5) is 25.7. The van der Waals surface area contributed by atoms with Crippen molar-refractivity contribution in [3.05, 3.63) is 99.5 Å².